The minimum absolute atomic E-state index is 0.173. The molecule has 1 aliphatic heterocycles. The highest BCUT2D eigenvalue weighted by Gasteiger charge is 2.29. The van der Waals surface area contributed by atoms with E-state index in [1.54, 1.807) is 12.1 Å². The summed E-state index contributed by atoms with van der Waals surface area (Å²) in [6.45, 7) is 4.95. The van der Waals surface area contributed by atoms with Crippen molar-refractivity contribution in [2.75, 3.05) is 13.1 Å². The third-order valence-electron chi connectivity index (χ3n) is 3.80. The van der Waals surface area contributed by atoms with Crippen LogP contribution in [0.4, 0.5) is 0 Å². The number of piperidine rings is 1. The SMILES string of the molecule is CC(C)c1ccc(S(=O)(=O)N2CCCC(C=O)C2)cc1. The number of carbonyl (C=O) groups is 1. The molecule has 110 valence electrons. The van der Waals surface area contributed by atoms with Crippen molar-refractivity contribution in [2.24, 2.45) is 5.92 Å². The zero-order valence-corrected chi connectivity index (χ0v) is 12.8. The van der Waals surface area contributed by atoms with Gasteiger partial charge >= 0.3 is 0 Å². The van der Waals surface area contributed by atoms with E-state index in [-0.39, 0.29) is 5.92 Å². The lowest BCUT2D eigenvalue weighted by Crippen LogP contribution is -2.40. The standard InChI is InChI=1S/C15H21NO3S/c1-12(2)14-5-7-15(8-6-14)20(18,19)16-9-3-4-13(10-16)11-17/h5-8,11-13H,3-4,9-10H2,1-2H3. The molecule has 1 unspecified atom stereocenters. The Morgan fingerprint density at radius 3 is 2.45 bits per heavy atom. The number of carbonyl (C=O) groups excluding carboxylic acids is 1. The lowest BCUT2D eigenvalue weighted by Gasteiger charge is -2.29. The van der Waals surface area contributed by atoms with Gasteiger partial charge in [0.15, 0.2) is 0 Å². The molecule has 1 aliphatic rings. The van der Waals surface area contributed by atoms with Gasteiger partial charge in [-0.15, -0.1) is 0 Å². The van der Waals surface area contributed by atoms with E-state index in [4.69, 9.17) is 0 Å². The molecule has 0 spiro atoms. The molecule has 0 N–H and O–H groups in total. The Morgan fingerprint density at radius 2 is 1.90 bits per heavy atom. The molecule has 0 aromatic heterocycles. The lowest BCUT2D eigenvalue weighted by atomic mass is 10.0. The Balaban J connectivity index is 2.23. The Morgan fingerprint density at radius 1 is 1.25 bits per heavy atom. The van der Waals surface area contributed by atoms with Crippen molar-refractivity contribution in [3.05, 3.63) is 29.8 Å². The molecule has 0 radical (unpaired) electrons. The third kappa shape index (κ3) is 3.10. The molecular formula is C15H21NO3S. The number of rotatable bonds is 4. The highest BCUT2D eigenvalue weighted by Crippen LogP contribution is 2.24. The highest BCUT2D eigenvalue weighted by atomic mass is 32.2. The zero-order valence-electron chi connectivity index (χ0n) is 12.0. The van der Waals surface area contributed by atoms with E-state index in [9.17, 15) is 13.2 Å². The van der Waals surface area contributed by atoms with Crippen molar-refractivity contribution < 1.29 is 13.2 Å². The van der Waals surface area contributed by atoms with E-state index in [2.05, 4.69) is 13.8 Å². The van der Waals surface area contributed by atoms with Crippen LogP contribution in [-0.4, -0.2) is 32.1 Å². The molecule has 5 heteroatoms. The summed E-state index contributed by atoms with van der Waals surface area (Å²) in [5.41, 5.74) is 1.12. The fourth-order valence-corrected chi connectivity index (χ4v) is 4.01. The van der Waals surface area contributed by atoms with Gasteiger partial charge in [-0.3, -0.25) is 0 Å². The number of benzene rings is 1. The summed E-state index contributed by atoms with van der Waals surface area (Å²) in [4.78, 5) is 11.2. The second-order valence-electron chi connectivity index (χ2n) is 5.63. The van der Waals surface area contributed by atoms with Crippen LogP contribution in [0.1, 0.15) is 38.2 Å². The van der Waals surface area contributed by atoms with Gasteiger partial charge in [-0.2, -0.15) is 4.31 Å². The summed E-state index contributed by atoms with van der Waals surface area (Å²) >= 11 is 0. The maximum absolute atomic E-state index is 12.5. The van der Waals surface area contributed by atoms with Crippen molar-refractivity contribution >= 4 is 16.3 Å². The molecule has 0 amide bonds. The van der Waals surface area contributed by atoms with Gasteiger partial charge in [0.05, 0.1) is 4.90 Å². The number of hydrogen-bond donors (Lipinski definition) is 0. The van der Waals surface area contributed by atoms with Gasteiger partial charge < -0.3 is 4.79 Å². The smallest absolute Gasteiger partial charge is 0.243 e. The number of sulfonamides is 1. The predicted molar refractivity (Wildman–Crippen MR) is 78.1 cm³/mol. The molecule has 0 bridgehead atoms. The molecule has 0 saturated carbocycles. The van der Waals surface area contributed by atoms with E-state index in [1.807, 2.05) is 12.1 Å². The monoisotopic (exact) mass is 295 g/mol. The first-order valence-corrected chi connectivity index (χ1v) is 8.44. The summed E-state index contributed by atoms with van der Waals surface area (Å²) in [7, 11) is -3.47. The van der Waals surface area contributed by atoms with Gasteiger partial charge in [0.25, 0.3) is 0 Å². The summed E-state index contributed by atoms with van der Waals surface area (Å²) in [5.74, 6) is 0.203. The van der Waals surface area contributed by atoms with Crippen molar-refractivity contribution in [2.45, 2.75) is 37.5 Å². The van der Waals surface area contributed by atoms with Crippen LogP contribution in [0.3, 0.4) is 0 Å². The van der Waals surface area contributed by atoms with Crippen LogP contribution in [0.15, 0.2) is 29.2 Å². The van der Waals surface area contributed by atoms with E-state index in [0.29, 0.717) is 23.9 Å². The maximum Gasteiger partial charge on any atom is 0.243 e. The number of aldehydes is 1. The zero-order chi connectivity index (χ0) is 14.8. The summed E-state index contributed by atoms with van der Waals surface area (Å²) in [6, 6.07) is 7.04. The van der Waals surface area contributed by atoms with E-state index >= 15 is 0 Å². The quantitative estimate of drug-likeness (QED) is 0.802. The first kappa shape index (κ1) is 15.2. The Hall–Kier alpha value is -1.20. The van der Waals surface area contributed by atoms with Crippen molar-refractivity contribution in [1.29, 1.82) is 0 Å². The molecule has 4 nitrogen and oxygen atoms in total. The van der Waals surface area contributed by atoms with Crippen molar-refractivity contribution in [1.82, 2.24) is 4.31 Å². The van der Waals surface area contributed by atoms with Crippen LogP contribution in [-0.2, 0) is 14.8 Å². The highest BCUT2D eigenvalue weighted by molar-refractivity contribution is 7.89. The van der Waals surface area contributed by atoms with Crippen LogP contribution in [0.5, 0.6) is 0 Å². The Labute approximate surface area is 120 Å². The summed E-state index contributed by atoms with van der Waals surface area (Å²) < 4.78 is 26.5. The molecule has 1 saturated heterocycles. The average Bonchev–Trinajstić information content (AvgIpc) is 2.47. The maximum atomic E-state index is 12.5. The first-order chi connectivity index (χ1) is 9.45. The predicted octanol–water partition coefficient (Wildman–Crippen LogP) is 2.41. The number of hydrogen-bond acceptors (Lipinski definition) is 3. The van der Waals surface area contributed by atoms with Gasteiger partial charge in [0.2, 0.25) is 10.0 Å². The molecule has 2 rings (SSSR count). The van der Waals surface area contributed by atoms with E-state index in [1.165, 1.54) is 4.31 Å². The minimum atomic E-state index is -3.47. The summed E-state index contributed by atoms with van der Waals surface area (Å²) in [5, 5.41) is 0. The van der Waals surface area contributed by atoms with E-state index in [0.717, 1.165) is 24.7 Å². The van der Waals surface area contributed by atoms with Gasteiger partial charge in [-0.1, -0.05) is 26.0 Å². The fourth-order valence-electron chi connectivity index (χ4n) is 2.48. The van der Waals surface area contributed by atoms with Gasteiger partial charge in [-0.25, -0.2) is 8.42 Å². The van der Waals surface area contributed by atoms with Crippen molar-refractivity contribution in [3.8, 4) is 0 Å². The molecule has 1 heterocycles. The third-order valence-corrected chi connectivity index (χ3v) is 5.68. The average molecular weight is 295 g/mol. The normalized spacial score (nSPS) is 21.1. The van der Waals surface area contributed by atoms with Crippen LogP contribution >= 0.6 is 0 Å². The second-order valence-corrected chi connectivity index (χ2v) is 7.56. The van der Waals surface area contributed by atoms with Crippen LogP contribution in [0.2, 0.25) is 0 Å². The lowest BCUT2D eigenvalue weighted by molar-refractivity contribution is -0.112. The van der Waals surface area contributed by atoms with Crippen LogP contribution < -0.4 is 0 Å². The van der Waals surface area contributed by atoms with Crippen LogP contribution in [0, 0.1) is 5.92 Å². The summed E-state index contributed by atoms with van der Waals surface area (Å²) in [6.07, 6.45) is 2.39. The molecule has 1 aromatic carbocycles. The topological polar surface area (TPSA) is 54.5 Å². The fraction of sp³-hybridized carbons (Fsp3) is 0.533. The molecular weight excluding hydrogens is 274 g/mol. The largest absolute Gasteiger partial charge is 0.303 e. The van der Waals surface area contributed by atoms with Gasteiger partial charge in [0, 0.05) is 19.0 Å². The first-order valence-electron chi connectivity index (χ1n) is 7.00. The second kappa shape index (κ2) is 6.06. The molecule has 1 atom stereocenters. The molecule has 0 aliphatic carbocycles. The molecule has 1 aromatic rings. The molecule has 1 fully saturated rings. The van der Waals surface area contributed by atoms with E-state index < -0.39 is 10.0 Å². The van der Waals surface area contributed by atoms with Gasteiger partial charge in [0.1, 0.15) is 6.29 Å². The van der Waals surface area contributed by atoms with Crippen molar-refractivity contribution in [3.63, 3.8) is 0 Å². The Kier molecular flexibility index (Phi) is 4.60. The number of nitrogens with zero attached hydrogens (tertiary/aromatic N) is 1. The molecule has 20 heavy (non-hydrogen) atoms. The Bertz CT molecular complexity index is 563. The minimum Gasteiger partial charge on any atom is -0.303 e. The van der Waals surface area contributed by atoms with Gasteiger partial charge in [-0.05, 0) is 36.5 Å². The van der Waals surface area contributed by atoms with Crippen LogP contribution in [0.25, 0.3) is 0 Å².